The fourth-order valence-corrected chi connectivity index (χ4v) is 2.09. The summed E-state index contributed by atoms with van der Waals surface area (Å²) >= 11 is 6.01. The number of anilines is 2. The minimum Gasteiger partial charge on any atom is -0.397 e. The quantitative estimate of drug-likeness (QED) is 0.692. The highest BCUT2D eigenvalue weighted by Gasteiger charge is 2.26. The summed E-state index contributed by atoms with van der Waals surface area (Å²) in [6.07, 6.45) is 1.63. The normalized spacial score (nSPS) is 24.7. The van der Waals surface area contributed by atoms with Gasteiger partial charge in [-0.1, -0.05) is 17.7 Å². The van der Waals surface area contributed by atoms with E-state index in [4.69, 9.17) is 22.4 Å². The van der Waals surface area contributed by atoms with Crippen LogP contribution in [0.25, 0.3) is 0 Å². The van der Waals surface area contributed by atoms with Crippen LogP contribution >= 0.6 is 11.6 Å². The summed E-state index contributed by atoms with van der Waals surface area (Å²) in [6, 6.07) is 5.47. The van der Waals surface area contributed by atoms with Gasteiger partial charge in [0.05, 0.1) is 22.5 Å². The Balaban J connectivity index is 1.93. The van der Waals surface area contributed by atoms with Gasteiger partial charge in [0.15, 0.2) is 0 Å². The maximum atomic E-state index is 9.15. The Bertz CT molecular complexity index is 330. The van der Waals surface area contributed by atoms with Crippen LogP contribution in [0.1, 0.15) is 12.8 Å². The number of para-hydroxylation sites is 1. The third kappa shape index (κ3) is 2.36. The summed E-state index contributed by atoms with van der Waals surface area (Å²) in [4.78, 5) is 0. The molecule has 0 unspecified atom stereocenters. The molecule has 4 N–H and O–H groups in total. The third-order valence-corrected chi connectivity index (χ3v) is 3.14. The molecule has 15 heavy (non-hydrogen) atoms. The van der Waals surface area contributed by atoms with Crippen molar-refractivity contribution >= 4 is 23.0 Å². The first kappa shape index (κ1) is 10.6. The maximum absolute atomic E-state index is 9.15. The van der Waals surface area contributed by atoms with Gasteiger partial charge in [0.1, 0.15) is 0 Å². The zero-order valence-corrected chi connectivity index (χ0v) is 9.17. The molecule has 4 heteroatoms. The molecule has 1 aliphatic carbocycles. The Hall–Kier alpha value is -0.930. The Kier molecular flexibility index (Phi) is 3.03. The van der Waals surface area contributed by atoms with Gasteiger partial charge in [0.2, 0.25) is 0 Å². The Labute approximate surface area is 94.2 Å². The van der Waals surface area contributed by atoms with Gasteiger partial charge >= 0.3 is 0 Å². The molecule has 2 rings (SSSR count). The number of aliphatic hydroxyl groups excluding tert-OH is 1. The van der Waals surface area contributed by atoms with Crippen LogP contribution in [0.3, 0.4) is 0 Å². The molecule has 0 radical (unpaired) electrons. The van der Waals surface area contributed by atoms with E-state index in [1.54, 1.807) is 0 Å². The van der Waals surface area contributed by atoms with Crippen LogP contribution in [-0.2, 0) is 0 Å². The minimum absolute atomic E-state index is 0.111. The van der Waals surface area contributed by atoms with Crippen molar-refractivity contribution in [1.29, 1.82) is 0 Å². The topological polar surface area (TPSA) is 58.3 Å². The van der Waals surface area contributed by atoms with Crippen molar-refractivity contribution in [3.05, 3.63) is 23.2 Å². The van der Waals surface area contributed by atoms with Gasteiger partial charge in [-0.05, 0) is 30.9 Å². The van der Waals surface area contributed by atoms with E-state index in [1.165, 1.54) is 0 Å². The van der Waals surface area contributed by atoms with Gasteiger partial charge < -0.3 is 16.2 Å². The lowest BCUT2D eigenvalue weighted by Gasteiger charge is -2.31. The summed E-state index contributed by atoms with van der Waals surface area (Å²) in [5, 5.41) is 13.0. The lowest BCUT2D eigenvalue weighted by Crippen LogP contribution is -2.33. The number of halogens is 1. The summed E-state index contributed by atoms with van der Waals surface area (Å²) in [7, 11) is 0. The molecular weight excluding hydrogens is 212 g/mol. The van der Waals surface area contributed by atoms with Crippen LogP contribution in [-0.4, -0.2) is 17.8 Å². The molecular formula is C11H15ClN2O. The van der Waals surface area contributed by atoms with Gasteiger partial charge in [-0.2, -0.15) is 0 Å². The van der Waals surface area contributed by atoms with E-state index in [0.717, 1.165) is 25.1 Å². The van der Waals surface area contributed by atoms with Crippen LogP contribution in [0.15, 0.2) is 18.2 Å². The largest absolute Gasteiger partial charge is 0.397 e. The Morgan fingerprint density at radius 3 is 2.80 bits per heavy atom. The molecule has 0 heterocycles. The van der Waals surface area contributed by atoms with Gasteiger partial charge in [-0.25, -0.2) is 0 Å². The molecule has 1 aromatic rings. The molecule has 0 aromatic heterocycles. The summed E-state index contributed by atoms with van der Waals surface area (Å²) in [5.41, 5.74) is 7.27. The molecule has 1 fully saturated rings. The number of nitrogens with two attached hydrogens (primary N) is 1. The Morgan fingerprint density at radius 1 is 1.47 bits per heavy atom. The van der Waals surface area contributed by atoms with Crippen LogP contribution in [0.4, 0.5) is 11.4 Å². The van der Waals surface area contributed by atoms with Crippen molar-refractivity contribution in [2.24, 2.45) is 5.92 Å². The van der Waals surface area contributed by atoms with Crippen LogP contribution in [0.2, 0.25) is 5.02 Å². The van der Waals surface area contributed by atoms with Crippen molar-refractivity contribution in [2.45, 2.75) is 18.9 Å². The second-order valence-corrected chi connectivity index (χ2v) is 4.48. The lowest BCUT2D eigenvalue weighted by molar-refractivity contribution is 0.0487. The second kappa shape index (κ2) is 4.29. The molecule has 0 bridgehead atoms. The number of nitrogen functional groups attached to an aromatic ring is 1. The van der Waals surface area contributed by atoms with E-state index >= 15 is 0 Å². The standard InChI is InChI=1S/C11H15ClN2O/c12-9-2-1-3-10(13)11(9)14-6-7-4-8(15)5-7/h1-3,7-8,14-15H,4-6,13H2. The van der Waals surface area contributed by atoms with Gasteiger partial charge in [-0.3, -0.25) is 0 Å². The highest BCUT2D eigenvalue weighted by Crippen LogP contribution is 2.31. The van der Waals surface area contributed by atoms with Gasteiger partial charge in [-0.15, -0.1) is 0 Å². The number of benzene rings is 1. The van der Waals surface area contributed by atoms with Crippen molar-refractivity contribution in [3.63, 3.8) is 0 Å². The van der Waals surface area contributed by atoms with Crippen LogP contribution in [0, 0.1) is 5.92 Å². The van der Waals surface area contributed by atoms with E-state index in [1.807, 2.05) is 18.2 Å². The lowest BCUT2D eigenvalue weighted by atomic mass is 9.82. The van der Waals surface area contributed by atoms with Crippen molar-refractivity contribution in [3.8, 4) is 0 Å². The molecule has 0 saturated heterocycles. The number of hydrogen-bond acceptors (Lipinski definition) is 3. The number of aliphatic hydroxyl groups is 1. The van der Waals surface area contributed by atoms with E-state index in [-0.39, 0.29) is 6.10 Å². The SMILES string of the molecule is Nc1cccc(Cl)c1NCC1CC(O)C1. The van der Waals surface area contributed by atoms with Gasteiger partial charge in [0, 0.05) is 6.54 Å². The molecule has 1 aromatic carbocycles. The summed E-state index contributed by atoms with van der Waals surface area (Å²) < 4.78 is 0. The summed E-state index contributed by atoms with van der Waals surface area (Å²) in [6.45, 7) is 0.824. The van der Waals surface area contributed by atoms with Gasteiger partial charge in [0.25, 0.3) is 0 Å². The fraction of sp³-hybridized carbons (Fsp3) is 0.455. The van der Waals surface area contributed by atoms with Crippen molar-refractivity contribution < 1.29 is 5.11 Å². The first-order valence-electron chi connectivity index (χ1n) is 5.12. The molecule has 1 aliphatic rings. The predicted octanol–water partition coefficient (Wildman–Crippen LogP) is 2.10. The fourth-order valence-electron chi connectivity index (χ4n) is 1.84. The van der Waals surface area contributed by atoms with Crippen LogP contribution in [0.5, 0.6) is 0 Å². The molecule has 1 saturated carbocycles. The summed E-state index contributed by atoms with van der Waals surface area (Å²) in [5.74, 6) is 0.538. The van der Waals surface area contributed by atoms with Crippen molar-refractivity contribution in [1.82, 2.24) is 0 Å². The van der Waals surface area contributed by atoms with Crippen molar-refractivity contribution in [2.75, 3.05) is 17.6 Å². The minimum atomic E-state index is -0.111. The number of nitrogens with one attached hydrogen (secondary N) is 1. The first-order chi connectivity index (χ1) is 7.16. The monoisotopic (exact) mass is 226 g/mol. The Morgan fingerprint density at radius 2 is 2.20 bits per heavy atom. The van der Waals surface area contributed by atoms with Crippen LogP contribution < -0.4 is 11.1 Å². The molecule has 0 amide bonds. The zero-order valence-electron chi connectivity index (χ0n) is 8.41. The van der Waals surface area contributed by atoms with E-state index in [9.17, 15) is 0 Å². The molecule has 82 valence electrons. The third-order valence-electron chi connectivity index (χ3n) is 2.82. The molecule has 0 atom stereocenters. The number of rotatable bonds is 3. The second-order valence-electron chi connectivity index (χ2n) is 4.08. The van der Waals surface area contributed by atoms with E-state index in [2.05, 4.69) is 5.32 Å². The average molecular weight is 227 g/mol. The highest BCUT2D eigenvalue weighted by atomic mass is 35.5. The van der Waals surface area contributed by atoms with E-state index in [0.29, 0.717) is 16.6 Å². The first-order valence-corrected chi connectivity index (χ1v) is 5.50. The molecule has 0 aliphatic heterocycles. The predicted molar refractivity (Wildman–Crippen MR) is 63.1 cm³/mol. The molecule has 0 spiro atoms. The number of hydrogen-bond donors (Lipinski definition) is 3. The molecule has 3 nitrogen and oxygen atoms in total. The highest BCUT2D eigenvalue weighted by molar-refractivity contribution is 6.33. The maximum Gasteiger partial charge on any atom is 0.0763 e. The average Bonchev–Trinajstić information content (AvgIpc) is 2.14. The van der Waals surface area contributed by atoms with E-state index < -0.39 is 0 Å². The zero-order chi connectivity index (χ0) is 10.8. The smallest absolute Gasteiger partial charge is 0.0763 e.